The molecule has 0 saturated carbocycles. The van der Waals surface area contributed by atoms with Crippen LogP contribution in [-0.2, 0) is 6.54 Å². The van der Waals surface area contributed by atoms with Gasteiger partial charge >= 0.3 is 0 Å². The summed E-state index contributed by atoms with van der Waals surface area (Å²) in [5, 5.41) is 2.93. The van der Waals surface area contributed by atoms with Gasteiger partial charge in [-0.1, -0.05) is 12.1 Å². The Balaban J connectivity index is 2.53. The average Bonchev–Trinajstić information content (AvgIpc) is 2.15. The van der Waals surface area contributed by atoms with Crippen molar-refractivity contribution in [2.24, 2.45) is 5.73 Å². The van der Waals surface area contributed by atoms with E-state index in [4.69, 9.17) is 5.73 Å². The molecule has 0 aliphatic rings. The maximum absolute atomic E-state index is 11.7. The number of nitrogens with one attached hydrogen (secondary N) is 1. The summed E-state index contributed by atoms with van der Waals surface area (Å²) >= 11 is 0. The molecule has 1 aromatic carbocycles. The van der Waals surface area contributed by atoms with E-state index < -0.39 is 0 Å². The van der Waals surface area contributed by atoms with Gasteiger partial charge in [-0.2, -0.15) is 0 Å². The number of hydrogen-bond acceptors (Lipinski definition) is 2. The number of alkyl halides is 1. The highest BCUT2D eigenvalue weighted by Gasteiger charge is 1.91. The molecule has 1 aromatic rings. The highest BCUT2D eigenvalue weighted by atomic mass is 19.1. The zero-order valence-corrected chi connectivity index (χ0v) is 6.89. The molecule has 12 heavy (non-hydrogen) atoms. The van der Waals surface area contributed by atoms with Gasteiger partial charge in [-0.3, -0.25) is 0 Å². The Morgan fingerprint density at radius 2 is 1.92 bits per heavy atom. The first-order valence-corrected chi connectivity index (χ1v) is 3.95. The lowest BCUT2D eigenvalue weighted by atomic mass is 10.2. The minimum atomic E-state index is -0.349. The molecule has 0 fully saturated rings. The Labute approximate surface area is 71.6 Å². The molecule has 0 aromatic heterocycles. The van der Waals surface area contributed by atoms with E-state index in [1.807, 2.05) is 24.3 Å². The molecule has 0 spiro atoms. The fourth-order valence-electron chi connectivity index (χ4n) is 0.950. The largest absolute Gasteiger partial charge is 0.382 e. The Hall–Kier alpha value is -1.09. The molecule has 3 heteroatoms. The topological polar surface area (TPSA) is 38.0 Å². The summed E-state index contributed by atoms with van der Waals surface area (Å²) in [6.07, 6.45) is 0. The predicted octanol–water partition coefficient (Wildman–Crippen LogP) is 1.53. The molecule has 0 atom stereocenters. The van der Waals surface area contributed by atoms with Gasteiger partial charge in [0.05, 0.1) is 0 Å². The number of benzene rings is 1. The maximum atomic E-state index is 11.7. The Morgan fingerprint density at radius 1 is 1.25 bits per heavy atom. The summed E-state index contributed by atoms with van der Waals surface area (Å²) in [5.41, 5.74) is 7.44. The van der Waals surface area contributed by atoms with E-state index >= 15 is 0 Å². The fourth-order valence-corrected chi connectivity index (χ4v) is 0.950. The van der Waals surface area contributed by atoms with Gasteiger partial charge in [-0.15, -0.1) is 0 Å². The van der Waals surface area contributed by atoms with Gasteiger partial charge in [0, 0.05) is 18.8 Å². The SMILES string of the molecule is NCc1ccc(NCCF)cc1. The van der Waals surface area contributed by atoms with E-state index in [-0.39, 0.29) is 6.67 Å². The lowest BCUT2D eigenvalue weighted by Crippen LogP contribution is -2.03. The summed E-state index contributed by atoms with van der Waals surface area (Å²) in [5.74, 6) is 0. The summed E-state index contributed by atoms with van der Waals surface area (Å²) in [6.45, 7) is 0.560. The van der Waals surface area contributed by atoms with E-state index in [2.05, 4.69) is 5.32 Å². The average molecular weight is 168 g/mol. The molecular weight excluding hydrogens is 155 g/mol. The third-order valence-electron chi connectivity index (χ3n) is 1.61. The number of rotatable bonds is 4. The van der Waals surface area contributed by atoms with E-state index in [0.29, 0.717) is 13.1 Å². The second-order valence-electron chi connectivity index (χ2n) is 2.52. The summed E-state index contributed by atoms with van der Waals surface area (Å²) in [4.78, 5) is 0. The van der Waals surface area contributed by atoms with Crippen LogP contribution < -0.4 is 11.1 Å². The molecule has 0 aliphatic carbocycles. The summed E-state index contributed by atoms with van der Waals surface area (Å²) in [6, 6.07) is 7.66. The van der Waals surface area contributed by atoms with Crippen molar-refractivity contribution in [2.45, 2.75) is 6.54 Å². The quantitative estimate of drug-likeness (QED) is 0.715. The van der Waals surface area contributed by atoms with Gasteiger partial charge in [0.25, 0.3) is 0 Å². The molecular formula is C9H13FN2. The van der Waals surface area contributed by atoms with Crippen molar-refractivity contribution in [3.8, 4) is 0 Å². The van der Waals surface area contributed by atoms with Crippen LogP contribution in [-0.4, -0.2) is 13.2 Å². The highest BCUT2D eigenvalue weighted by Crippen LogP contribution is 2.08. The summed E-state index contributed by atoms with van der Waals surface area (Å²) < 4.78 is 11.7. The molecule has 0 heterocycles. The first-order valence-electron chi connectivity index (χ1n) is 3.95. The van der Waals surface area contributed by atoms with Gasteiger partial charge in [-0.25, -0.2) is 4.39 Å². The van der Waals surface area contributed by atoms with Crippen LogP contribution >= 0.6 is 0 Å². The van der Waals surface area contributed by atoms with Gasteiger partial charge in [0.15, 0.2) is 0 Å². The minimum absolute atomic E-state index is 0.349. The van der Waals surface area contributed by atoms with Crippen molar-refractivity contribution in [3.05, 3.63) is 29.8 Å². The molecule has 0 saturated heterocycles. The van der Waals surface area contributed by atoms with Gasteiger partial charge in [-0.05, 0) is 17.7 Å². The van der Waals surface area contributed by atoms with Crippen molar-refractivity contribution in [1.82, 2.24) is 0 Å². The van der Waals surface area contributed by atoms with Gasteiger partial charge in [0.1, 0.15) is 6.67 Å². The minimum Gasteiger partial charge on any atom is -0.382 e. The lowest BCUT2D eigenvalue weighted by molar-refractivity contribution is 0.513. The zero-order valence-electron chi connectivity index (χ0n) is 6.89. The molecule has 0 unspecified atom stereocenters. The monoisotopic (exact) mass is 168 g/mol. The molecule has 66 valence electrons. The molecule has 2 nitrogen and oxygen atoms in total. The van der Waals surface area contributed by atoms with Crippen LogP contribution in [0, 0.1) is 0 Å². The van der Waals surface area contributed by atoms with Crippen molar-refractivity contribution in [3.63, 3.8) is 0 Å². The second kappa shape index (κ2) is 4.72. The predicted molar refractivity (Wildman–Crippen MR) is 48.8 cm³/mol. The highest BCUT2D eigenvalue weighted by molar-refractivity contribution is 5.44. The van der Waals surface area contributed by atoms with Crippen molar-refractivity contribution in [1.29, 1.82) is 0 Å². The smallest absolute Gasteiger partial charge is 0.107 e. The Kier molecular flexibility index (Phi) is 3.54. The number of halogens is 1. The van der Waals surface area contributed by atoms with Crippen LogP contribution in [0.3, 0.4) is 0 Å². The lowest BCUT2D eigenvalue weighted by Gasteiger charge is -2.03. The standard InChI is InChI=1S/C9H13FN2/c10-5-6-12-9-3-1-8(7-11)2-4-9/h1-4,12H,5-7,11H2. The zero-order chi connectivity index (χ0) is 8.81. The Morgan fingerprint density at radius 3 is 2.42 bits per heavy atom. The second-order valence-corrected chi connectivity index (χ2v) is 2.52. The Bertz CT molecular complexity index is 220. The van der Waals surface area contributed by atoms with Crippen molar-refractivity contribution < 1.29 is 4.39 Å². The third kappa shape index (κ3) is 2.51. The van der Waals surface area contributed by atoms with Crippen LogP contribution in [0.1, 0.15) is 5.56 Å². The maximum Gasteiger partial charge on any atom is 0.107 e. The van der Waals surface area contributed by atoms with Crippen LogP contribution in [0.15, 0.2) is 24.3 Å². The van der Waals surface area contributed by atoms with E-state index in [9.17, 15) is 4.39 Å². The van der Waals surface area contributed by atoms with Crippen molar-refractivity contribution >= 4 is 5.69 Å². The molecule has 1 rings (SSSR count). The first-order chi connectivity index (χ1) is 5.86. The van der Waals surface area contributed by atoms with Gasteiger partial charge in [0.2, 0.25) is 0 Å². The van der Waals surface area contributed by atoms with Gasteiger partial charge < -0.3 is 11.1 Å². The normalized spacial score (nSPS) is 9.83. The summed E-state index contributed by atoms with van der Waals surface area (Å²) in [7, 11) is 0. The van der Waals surface area contributed by atoms with Crippen molar-refractivity contribution in [2.75, 3.05) is 18.5 Å². The molecule has 0 amide bonds. The molecule has 3 N–H and O–H groups in total. The van der Waals surface area contributed by atoms with E-state index in [0.717, 1.165) is 11.3 Å². The van der Waals surface area contributed by atoms with Crippen LogP contribution in [0.2, 0.25) is 0 Å². The first kappa shape index (κ1) is 9.00. The van der Waals surface area contributed by atoms with E-state index in [1.54, 1.807) is 0 Å². The van der Waals surface area contributed by atoms with Crippen LogP contribution in [0.4, 0.5) is 10.1 Å². The molecule has 0 aliphatic heterocycles. The fraction of sp³-hybridized carbons (Fsp3) is 0.333. The number of anilines is 1. The molecule has 0 radical (unpaired) electrons. The van der Waals surface area contributed by atoms with Crippen LogP contribution in [0.5, 0.6) is 0 Å². The number of nitrogens with two attached hydrogens (primary N) is 1. The number of hydrogen-bond donors (Lipinski definition) is 2. The van der Waals surface area contributed by atoms with Crippen LogP contribution in [0.25, 0.3) is 0 Å². The third-order valence-corrected chi connectivity index (χ3v) is 1.61. The molecule has 0 bridgehead atoms. The van der Waals surface area contributed by atoms with E-state index in [1.165, 1.54) is 0 Å².